The molecule has 2 saturated heterocycles. The minimum absolute atomic E-state index is 0.0259. The smallest absolute Gasteiger partial charge is 0.330 e. The van der Waals surface area contributed by atoms with E-state index < -0.39 is 78.7 Å². The van der Waals surface area contributed by atoms with Crippen LogP contribution in [-0.4, -0.2) is 82.9 Å². The fourth-order valence-corrected chi connectivity index (χ4v) is 8.46. The van der Waals surface area contributed by atoms with Crippen molar-refractivity contribution in [2.24, 2.45) is 11.8 Å². The monoisotopic (exact) mass is 618 g/mol. The lowest BCUT2D eigenvalue weighted by Crippen LogP contribution is -2.32. The highest BCUT2D eigenvalue weighted by Crippen LogP contribution is 2.37. The van der Waals surface area contributed by atoms with Crippen LogP contribution in [0.25, 0.3) is 0 Å². The van der Waals surface area contributed by atoms with Crippen LogP contribution in [0, 0.1) is 11.8 Å². The van der Waals surface area contributed by atoms with Crippen LogP contribution in [-0.2, 0) is 29.1 Å². The molecule has 2 aromatic rings. The Labute approximate surface area is 235 Å². The summed E-state index contributed by atoms with van der Waals surface area (Å²) in [5.41, 5.74) is -2.60. The molecule has 0 aromatic carbocycles. The van der Waals surface area contributed by atoms with Crippen LogP contribution < -0.4 is 22.5 Å². The van der Waals surface area contributed by atoms with Crippen molar-refractivity contribution in [3.05, 3.63) is 66.2 Å². The maximum Gasteiger partial charge on any atom is 0.330 e. The minimum Gasteiger partial charge on any atom is -0.396 e. The SMILES string of the molecule is CCS(=O)(=O)C[C@H]1C[C@H](n2ccc(=O)[nH]c2=O)O[C@@H]1CCS(=O)(=O)C[C@H]1C[C@H](n2ccc(=O)[nH]c2=O)O[C@@H]1CCO. The van der Waals surface area contributed by atoms with Gasteiger partial charge in [-0.3, -0.25) is 28.7 Å². The highest BCUT2D eigenvalue weighted by atomic mass is 32.2. The van der Waals surface area contributed by atoms with E-state index in [4.69, 9.17) is 9.47 Å². The Morgan fingerprint density at radius 3 is 1.71 bits per heavy atom. The molecule has 0 bridgehead atoms. The summed E-state index contributed by atoms with van der Waals surface area (Å²) < 4.78 is 65.5. The van der Waals surface area contributed by atoms with Crippen LogP contribution in [0.3, 0.4) is 0 Å². The molecule has 0 unspecified atom stereocenters. The highest BCUT2D eigenvalue weighted by Gasteiger charge is 2.41. The number of sulfone groups is 2. The Balaban J connectivity index is 1.47. The molecule has 228 valence electrons. The summed E-state index contributed by atoms with van der Waals surface area (Å²) in [7, 11) is -7.19. The molecule has 0 radical (unpaired) electrons. The Morgan fingerprint density at radius 2 is 1.27 bits per heavy atom. The molecule has 3 N–H and O–H groups in total. The number of nitrogens with one attached hydrogen (secondary N) is 2. The minimum atomic E-state index is -3.75. The molecule has 2 aromatic heterocycles. The Morgan fingerprint density at radius 1 is 0.805 bits per heavy atom. The standard InChI is InChI=1S/C24H34N4O11S2/c1-2-40(34,35)13-15-11-22(28-8-4-20(31)26-24(28)33)39-18(15)6-10-41(36,37)14-16-12-21(38-17(16)5-9-29)27-7-3-19(30)25-23(27)32/h3-4,7-8,15-18,21-22,29H,2,5-6,9-14H2,1H3,(H,25,30,32)(H,26,31,33)/t15-,16-,17-,18-,21-,22-/m1/s1. The van der Waals surface area contributed by atoms with Gasteiger partial charge in [0.2, 0.25) is 0 Å². The van der Waals surface area contributed by atoms with Crippen LogP contribution in [0.4, 0.5) is 0 Å². The number of aliphatic hydroxyl groups excluding tert-OH is 1. The van der Waals surface area contributed by atoms with Crippen molar-refractivity contribution < 1.29 is 31.4 Å². The average molecular weight is 619 g/mol. The molecular weight excluding hydrogens is 584 g/mol. The van der Waals surface area contributed by atoms with Gasteiger partial charge in [0.15, 0.2) is 9.84 Å². The number of aliphatic hydroxyl groups is 1. The average Bonchev–Trinajstić information content (AvgIpc) is 3.46. The maximum absolute atomic E-state index is 13.2. The van der Waals surface area contributed by atoms with Crippen molar-refractivity contribution in [1.82, 2.24) is 19.1 Å². The first kappa shape index (κ1) is 31.1. The number of hydrogen-bond donors (Lipinski definition) is 3. The predicted octanol–water partition coefficient (Wildman–Crippen LogP) is -1.48. The van der Waals surface area contributed by atoms with Crippen molar-refractivity contribution >= 4 is 19.7 Å². The lowest BCUT2D eigenvalue weighted by molar-refractivity contribution is -0.0161. The van der Waals surface area contributed by atoms with E-state index in [1.807, 2.05) is 0 Å². The highest BCUT2D eigenvalue weighted by molar-refractivity contribution is 7.91. The zero-order chi connectivity index (χ0) is 29.9. The van der Waals surface area contributed by atoms with Gasteiger partial charge in [-0.05, 0) is 25.7 Å². The van der Waals surface area contributed by atoms with Crippen molar-refractivity contribution in [2.45, 2.75) is 57.3 Å². The molecule has 4 rings (SSSR count). The fraction of sp³-hybridized carbons (Fsp3) is 0.667. The molecule has 0 spiro atoms. The molecule has 15 nitrogen and oxygen atoms in total. The second-order valence-electron chi connectivity index (χ2n) is 10.4. The van der Waals surface area contributed by atoms with E-state index in [0.29, 0.717) is 0 Å². The van der Waals surface area contributed by atoms with Gasteiger partial charge >= 0.3 is 11.4 Å². The topological polar surface area (TPSA) is 217 Å². The first-order valence-corrected chi connectivity index (χ1v) is 16.9. The van der Waals surface area contributed by atoms with Crippen LogP contribution in [0.2, 0.25) is 0 Å². The Bertz CT molecular complexity index is 1680. The molecule has 2 fully saturated rings. The summed E-state index contributed by atoms with van der Waals surface area (Å²) in [6.45, 7) is 1.25. The molecule has 0 amide bonds. The summed E-state index contributed by atoms with van der Waals surface area (Å²) in [5.74, 6) is -2.12. The Kier molecular flexibility index (Phi) is 9.52. The van der Waals surface area contributed by atoms with E-state index in [0.717, 1.165) is 16.7 Å². The molecule has 2 aliphatic heterocycles. The zero-order valence-corrected chi connectivity index (χ0v) is 24.0. The van der Waals surface area contributed by atoms with E-state index in [1.165, 1.54) is 23.9 Å². The van der Waals surface area contributed by atoms with Crippen molar-refractivity contribution in [1.29, 1.82) is 0 Å². The van der Waals surface area contributed by atoms with Gasteiger partial charge in [0.25, 0.3) is 11.1 Å². The molecule has 17 heteroatoms. The maximum atomic E-state index is 13.2. The van der Waals surface area contributed by atoms with Gasteiger partial charge < -0.3 is 14.6 Å². The number of hydrogen-bond acceptors (Lipinski definition) is 11. The van der Waals surface area contributed by atoms with Crippen molar-refractivity contribution in [2.75, 3.05) is 29.6 Å². The molecule has 41 heavy (non-hydrogen) atoms. The van der Waals surface area contributed by atoms with Gasteiger partial charge in [-0.25, -0.2) is 26.4 Å². The third-order valence-corrected chi connectivity index (χ3v) is 11.2. The predicted molar refractivity (Wildman–Crippen MR) is 146 cm³/mol. The zero-order valence-electron chi connectivity index (χ0n) is 22.4. The molecule has 0 aliphatic carbocycles. The summed E-state index contributed by atoms with van der Waals surface area (Å²) in [5, 5.41) is 9.48. The first-order chi connectivity index (χ1) is 19.3. The third-order valence-electron chi connectivity index (χ3n) is 7.55. The molecular formula is C24H34N4O11S2. The number of aromatic amines is 2. The van der Waals surface area contributed by atoms with E-state index in [9.17, 15) is 41.1 Å². The fourth-order valence-electron chi connectivity index (χ4n) is 5.46. The molecule has 4 heterocycles. The van der Waals surface area contributed by atoms with Gasteiger partial charge in [-0.1, -0.05) is 6.92 Å². The van der Waals surface area contributed by atoms with Crippen molar-refractivity contribution in [3.63, 3.8) is 0 Å². The first-order valence-electron chi connectivity index (χ1n) is 13.3. The third kappa shape index (κ3) is 7.71. The van der Waals surface area contributed by atoms with Gasteiger partial charge in [0.05, 0.1) is 29.5 Å². The summed E-state index contributed by atoms with van der Waals surface area (Å²) in [4.78, 5) is 51.6. The summed E-state index contributed by atoms with van der Waals surface area (Å²) in [6, 6.07) is 2.29. The van der Waals surface area contributed by atoms with E-state index in [2.05, 4.69) is 9.97 Å². The van der Waals surface area contributed by atoms with Crippen LogP contribution in [0.1, 0.15) is 45.1 Å². The number of rotatable bonds is 12. The number of H-pyrrole nitrogens is 2. The molecule has 0 saturated carbocycles. The van der Waals surface area contributed by atoms with E-state index >= 15 is 0 Å². The second-order valence-corrected chi connectivity index (χ2v) is 15.0. The van der Waals surface area contributed by atoms with Gasteiger partial charge in [-0.2, -0.15) is 0 Å². The van der Waals surface area contributed by atoms with Gasteiger partial charge in [0, 0.05) is 48.7 Å². The Hall–Kier alpha value is -2.86. The quantitative estimate of drug-likeness (QED) is 0.249. The lowest BCUT2D eigenvalue weighted by Gasteiger charge is -2.20. The van der Waals surface area contributed by atoms with E-state index in [1.54, 1.807) is 0 Å². The lowest BCUT2D eigenvalue weighted by atomic mass is 10.0. The van der Waals surface area contributed by atoms with Gasteiger partial charge in [-0.15, -0.1) is 0 Å². The van der Waals surface area contributed by atoms with Crippen LogP contribution in [0.15, 0.2) is 43.7 Å². The number of nitrogens with zero attached hydrogens (tertiary/aromatic N) is 2. The second kappa shape index (κ2) is 12.6. The summed E-state index contributed by atoms with van der Waals surface area (Å²) >= 11 is 0. The largest absolute Gasteiger partial charge is 0.396 e. The molecule has 2 aliphatic rings. The number of aromatic nitrogens is 4. The van der Waals surface area contributed by atoms with Crippen LogP contribution in [0.5, 0.6) is 0 Å². The number of ether oxygens (including phenoxy) is 2. The normalized spacial score (nSPS) is 26.9. The van der Waals surface area contributed by atoms with Gasteiger partial charge in [0.1, 0.15) is 22.3 Å². The molecule has 6 atom stereocenters. The van der Waals surface area contributed by atoms with E-state index in [-0.39, 0.29) is 55.3 Å². The van der Waals surface area contributed by atoms with Crippen LogP contribution >= 0.6 is 0 Å². The van der Waals surface area contributed by atoms with Crippen molar-refractivity contribution in [3.8, 4) is 0 Å². The summed E-state index contributed by atoms with van der Waals surface area (Å²) in [6.07, 6.45) is -0.199.